The molecule has 6 N–H and O–H groups in total. The molecule has 7 heteroatoms. The molecule has 0 fully saturated rings. The average molecular weight is 936 g/mol. The summed E-state index contributed by atoms with van der Waals surface area (Å²) in [6, 6.07) is 85.2. The van der Waals surface area contributed by atoms with Crippen molar-refractivity contribution in [2.45, 2.75) is 0 Å². The predicted molar refractivity (Wildman–Crippen MR) is 310 cm³/mol. The lowest BCUT2D eigenvalue weighted by Crippen LogP contribution is -2.10. The Kier molecular flexibility index (Phi) is 8.68. The van der Waals surface area contributed by atoms with Crippen molar-refractivity contribution in [2.24, 2.45) is 0 Å². The van der Waals surface area contributed by atoms with Crippen molar-refractivity contribution in [1.82, 2.24) is 13.7 Å². The summed E-state index contributed by atoms with van der Waals surface area (Å²) in [7, 11) is 0. The number of rotatable bonds is 6. The Morgan fingerprint density at radius 2 is 0.521 bits per heavy atom. The van der Waals surface area contributed by atoms with E-state index in [1.807, 2.05) is 18.2 Å². The van der Waals surface area contributed by atoms with E-state index in [9.17, 15) is 0 Å². The van der Waals surface area contributed by atoms with Crippen LogP contribution < -0.4 is 22.1 Å². The number of fused-ring (bicyclic) bond motifs is 12. The molecule has 0 aliphatic carbocycles. The molecule has 12 aromatic carbocycles. The molecular formula is C66H45N7. The van der Waals surface area contributed by atoms with Crippen LogP contribution in [0.5, 0.6) is 0 Å². The van der Waals surface area contributed by atoms with E-state index in [0.717, 1.165) is 133 Å². The summed E-state index contributed by atoms with van der Waals surface area (Å²) < 4.78 is 7.22. The van der Waals surface area contributed by atoms with E-state index in [1.54, 1.807) is 0 Å². The van der Waals surface area contributed by atoms with Gasteiger partial charge in [-0.05, 0) is 178 Å². The monoisotopic (exact) mass is 935 g/mol. The van der Waals surface area contributed by atoms with Gasteiger partial charge >= 0.3 is 0 Å². The zero-order chi connectivity index (χ0) is 48.5. The van der Waals surface area contributed by atoms with Gasteiger partial charge in [-0.3, -0.25) is 0 Å². The van der Waals surface area contributed by atoms with E-state index < -0.39 is 0 Å². The van der Waals surface area contributed by atoms with Crippen LogP contribution >= 0.6 is 0 Å². The summed E-state index contributed by atoms with van der Waals surface area (Å²) in [4.78, 5) is 2.43. The minimum absolute atomic E-state index is 0.749. The second-order valence-electron chi connectivity index (χ2n) is 19.4. The maximum absolute atomic E-state index is 6.37. The van der Waals surface area contributed by atoms with Crippen LogP contribution in [0.15, 0.2) is 237 Å². The number of anilines is 6. The molecule has 15 aromatic rings. The Morgan fingerprint density at radius 1 is 0.233 bits per heavy atom. The number of hydrogen-bond acceptors (Lipinski definition) is 4. The topological polar surface area (TPSA) is 96.1 Å². The van der Waals surface area contributed by atoms with E-state index in [0.29, 0.717) is 0 Å². The summed E-state index contributed by atoms with van der Waals surface area (Å²) >= 11 is 0. The Bertz CT molecular complexity index is 4280. The van der Waals surface area contributed by atoms with Crippen molar-refractivity contribution in [3.63, 3.8) is 0 Å². The van der Waals surface area contributed by atoms with Crippen molar-refractivity contribution >= 4 is 132 Å². The molecule has 0 bridgehead atoms. The first-order valence-corrected chi connectivity index (χ1v) is 24.7. The first-order valence-electron chi connectivity index (χ1n) is 24.7. The second-order valence-corrected chi connectivity index (χ2v) is 19.4. The summed E-state index contributed by atoms with van der Waals surface area (Å²) in [5, 5.41) is 13.7. The van der Waals surface area contributed by atoms with Gasteiger partial charge in [0.1, 0.15) is 0 Å². The van der Waals surface area contributed by atoms with Gasteiger partial charge in [-0.1, -0.05) is 91.0 Å². The summed E-state index contributed by atoms with van der Waals surface area (Å²) in [5.74, 6) is 0. The van der Waals surface area contributed by atoms with Crippen LogP contribution in [0.4, 0.5) is 34.1 Å². The minimum atomic E-state index is 0.749. The molecule has 15 rings (SSSR count). The third-order valence-corrected chi connectivity index (χ3v) is 15.0. The molecule has 0 spiro atoms. The van der Waals surface area contributed by atoms with Crippen molar-refractivity contribution in [3.05, 3.63) is 237 Å². The highest BCUT2D eigenvalue weighted by Gasteiger charge is 2.23. The molecule has 0 saturated heterocycles. The maximum Gasteiger partial charge on any atom is 0.0561 e. The first-order chi connectivity index (χ1) is 35.9. The lowest BCUT2D eigenvalue weighted by Gasteiger charge is -2.26. The molecule has 0 aliphatic rings. The number of nitrogen functional groups attached to an aromatic ring is 3. The largest absolute Gasteiger partial charge is 0.399 e. The van der Waals surface area contributed by atoms with Gasteiger partial charge in [0.25, 0.3) is 0 Å². The molecule has 0 radical (unpaired) electrons. The van der Waals surface area contributed by atoms with Gasteiger partial charge in [0, 0.05) is 83.5 Å². The SMILES string of the molecule is Nc1ccc2cc3c(cc2c1)c1ccc(N(c2ccc4c5cc6cc(N)ccc6cc5n(-c5ccccc5)c4c2)c2ccc4c5cc6cc(N)ccc6cc5n(-c5ccccc5)c4c2)cc1n3-c1ccccc1. The van der Waals surface area contributed by atoms with Gasteiger partial charge in [0.2, 0.25) is 0 Å². The maximum atomic E-state index is 6.37. The normalized spacial score (nSPS) is 12.0. The number of para-hydroxylation sites is 3. The van der Waals surface area contributed by atoms with Gasteiger partial charge in [0.15, 0.2) is 0 Å². The lowest BCUT2D eigenvalue weighted by atomic mass is 10.0. The van der Waals surface area contributed by atoms with Crippen LogP contribution in [-0.4, -0.2) is 13.7 Å². The molecule has 3 aromatic heterocycles. The fourth-order valence-corrected chi connectivity index (χ4v) is 11.7. The lowest BCUT2D eigenvalue weighted by molar-refractivity contribution is 1.17. The molecule has 0 unspecified atom stereocenters. The standard InChI is InChI=1S/C66H45N7/c67-46-19-16-40-34-61-58(31-43(40)28-46)55-25-22-52(37-64(55)71(61)49-10-4-1-5-11-49)70(53-23-26-56-59-32-44-29-47(68)20-17-41(44)35-62(59)72(65(56)38-53)50-12-6-2-7-13-50)54-24-27-57-60-33-45-30-48(69)21-18-42(45)36-63(60)73(66(57)39-54)51-14-8-3-9-15-51/h1-39H,67-69H2. The van der Waals surface area contributed by atoms with Gasteiger partial charge in [-0.15, -0.1) is 0 Å². The van der Waals surface area contributed by atoms with Crippen molar-refractivity contribution in [2.75, 3.05) is 22.1 Å². The van der Waals surface area contributed by atoms with Crippen LogP contribution in [0.3, 0.4) is 0 Å². The molecule has 3 heterocycles. The van der Waals surface area contributed by atoms with Crippen LogP contribution in [0, 0.1) is 0 Å². The van der Waals surface area contributed by atoms with Gasteiger partial charge in [0.05, 0.1) is 33.1 Å². The fourth-order valence-electron chi connectivity index (χ4n) is 11.7. The summed E-state index contributed by atoms with van der Waals surface area (Å²) in [5.41, 5.74) is 34.4. The molecule has 0 saturated carbocycles. The Labute approximate surface area is 419 Å². The van der Waals surface area contributed by atoms with Crippen LogP contribution in [0.1, 0.15) is 0 Å². The fraction of sp³-hybridized carbons (Fsp3) is 0. The number of aromatic nitrogens is 3. The molecule has 7 nitrogen and oxygen atoms in total. The smallest absolute Gasteiger partial charge is 0.0561 e. The molecule has 344 valence electrons. The summed E-state index contributed by atoms with van der Waals surface area (Å²) in [6.45, 7) is 0. The zero-order valence-corrected chi connectivity index (χ0v) is 39.5. The van der Waals surface area contributed by atoms with Crippen molar-refractivity contribution < 1.29 is 0 Å². The highest BCUT2D eigenvalue weighted by atomic mass is 15.2. The third kappa shape index (κ3) is 6.32. The number of nitrogens with zero attached hydrogens (tertiary/aromatic N) is 4. The Hall–Kier alpha value is -9.98. The predicted octanol–water partition coefficient (Wildman–Crippen LogP) is 16.7. The van der Waals surface area contributed by atoms with E-state index in [4.69, 9.17) is 17.2 Å². The summed E-state index contributed by atoms with van der Waals surface area (Å²) in [6.07, 6.45) is 0. The molecule has 0 aliphatic heterocycles. The molecule has 73 heavy (non-hydrogen) atoms. The van der Waals surface area contributed by atoms with E-state index in [2.05, 4.69) is 237 Å². The molecular weight excluding hydrogens is 891 g/mol. The number of nitrogens with two attached hydrogens (primary N) is 3. The van der Waals surface area contributed by atoms with Gasteiger partial charge < -0.3 is 35.8 Å². The van der Waals surface area contributed by atoms with Crippen molar-refractivity contribution in [1.29, 1.82) is 0 Å². The second kappa shape index (κ2) is 15.5. The zero-order valence-electron chi connectivity index (χ0n) is 39.5. The first kappa shape index (κ1) is 40.9. The van der Waals surface area contributed by atoms with Gasteiger partial charge in [-0.2, -0.15) is 0 Å². The Morgan fingerprint density at radius 3 is 0.822 bits per heavy atom. The van der Waals surface area contributed by atoms with E-state index in [-0.39, 0.29) is 0 Å². The van der Waals surface area contributed by atoms with Crippen LogP contribution in [-0.2, 0) is 0 Å². The third-order valence-electron chi connectivity index (χ3n) is 15.0. The number of benzene rings is 12. The molecule has 0 atom stereocenters. The van der Waals surface area contributed by atoms with Gasteiger partial charge in [-0.25, -0.2) is 0 Å². The quantitative estimate of drug-likeness (QED) is 0.145. The van der Waals surface area contributed by atoms with Crippen molar-refractivity contribution in [3.8, 4) is 17.1 Å². The Balaban J connectivity index is 1.04. The number of hydrogen-bond donors (Lipinski definition) is 3. The highest BCUT2D eigenvalue weighted by molar-refractivity contribution is 6.18. The van der Waals surface area contributed by atoms with E-state index in [1.165, 1.54) is 16.2 Å². The minimum Gasteiger partial charge on any atom is -0.399 e. The van der Waals surface area contributed by atoms with Crippen LogP contribution in [0.25, 0.3) is 115 Å². The average Bonchev–Trinajstić information content (AvgIpc) is 4.03. The van der Waals surface area contributed by atoms with E-state index >= 15 is 0 Å². The van der Waals surface area contributed by atoms with Crippen LogP contribution in [0.2, 0.25) is 0 Å². The molecule has 0 amide bonds. The highest BCUT2D eigenvalue weighted by Crippen LogP contribution is 2.46.